The number of fused-ring (bicyclic) bond motifs is 6. The highest BCUT2D eigenvalue weighted by atomic mass is 79.9. The van der Waals surface area contributed by atoms with Gasteiger partial charge in [-0.25, -0.2) is 9.69 Å². The summed E-state index contributed by atoms with van der Waals surface area (Å²) in [4.78, 5) is 44.8. The molecular formula is C24H18BrN3O3. The van der Waals surface area contributed by atoms with Gasteiger partial charge in [-0.15, -0.1) is 0 Å². The Morgan fingerprint density at radius 1 is 0.968 bits per heavy atom. The Balaban J connectivity index is 1.36. The van der Waals surface area contributed by atoms with E-state index in [4.69, 9.17) is 0 Å². The van der Waals surface area contributed by atoms with E-state index in [1.54, 1.807) is 21.9 Å². The molecule has 3 aromatic rings. The molecule has 3 saturated heterocycles. The summed E-state index contributed by atoms with van der Waals surface area (Å²) in [5.41, 5.74) is 1.18. The van der Waals surface area contributed by atoms with Crippen molar-refractivity contribution < 1.29 is 14.4 Å². The van der Waals surface area contributed by atoms with Crippen molar-refractivity contribution in [3.63, 3.8) is 0 Å². The normalized spacial score (nSPS) is 24.4. The summed E-state index contributed by atoms with van der Waals surface area (Å²) < 4.78 is 0.832. The summed E-state index contributed by atoms with van der Waals surface area (Å²) in [7, 11) is 0. The molecule has 0 aliphatic carbocycles. The first kappa shape index (κ1) is 18.6. The average Bonchev–Trinajstić information content (AvgIpc) is 3.44. The van der Waals surface area contributed by atoms with Crippen LogP contribution in [0, 0.1) is 0 Å². The van der Waals surface area contributed by atoms with Crippen LogP contribution < -0.4 is 4.90 Å². The number of nitrogens with zero attached hydrogens (tertiary/aromatic N) is 3. The Morgan fingerprint density at radius 3 is 2.58 bits per heavy atom. The van der Waals surface area contributed by atoms with Crippen molar-refractivity contribution in [3.05, 3.63) is 76.8 Å². The fraction of sp³-hybridized carbons (Fsp3) is 0.208. The van der Waals surface area contributed by atoms with Gasteiger partial charge >= 0.3 is 6.03 Å². The fourth-order valence-corrected chi connectivity index (χ4v) is 5.70. The average molecular weight is 476 g/mol. The number of carbonyl (C=O) groups excluding carboxylic acids is 3. The fourth-order valence-electron chi connectivity index (χ4n) is 5.30. The lowest BCUT2D eigenvalue weighted by molar-refractivity contribution is -0.121. The summed E-state index contributed by atoms with van der Waals surface area (Å²) in [6.45, 7) is 0.453. The van der Waals surface area contributed by atoms with Crippen molar-refractivity contribution in [1.82, 2.24) is 9.80 Å². The number of rotatable bonds is 2. The number of hydrogen-bond donors (Lipinski definition) is 0. The van der Waals surface area contributed by atoms with E-state index < -0.39 is 6.04 Å². The number of piperazine rings is 1. The molecule has 3 aliphatic heterocycles. The molecular weight excluding hydrogens is 458 g/mol. The Bertz CT molecular complexity index is 1270. The molecule has 31 heavy (non-hydrogen) atoms. The van der Waals surface area contributed by atoms with Crippen LogP contribution in [0.25, 0.3) is 10.8 Å². The van der Waals surface area contributed by atoms with Crippen LogP contribution in [-0.2, 0) is 4.79 Å². The minimum Gasteiger partial charge on any atom is -0.331 e. The van der Waals surface area contributed by atoms with Gasteiger partial charge in [-0.1, -0.05) is 58.4 Å². The van der Waals surface area contributed by atoms with Gasteiger partial charge in [0.1, 0.15) is 6.04 Å². The molecule has 0 N–H and O–H groups in total. The van der Waals surface area contributed by atoms with Crippen LogP contribution in [0.3, 0.4) is 0 Å². The number of urea groups is 1. The first-order chi connectivity index (χ1) is 15.0. The second-order valence-corrected chi connectivity index (χ2v) is 9.15. The van der Waals surface area contributed by atoms with Gasteiger partial charge in [0.25, 0.3) is 11.8 Å². The highest BCUT2D eigenvalue weighted by Crippen LogP contribution is 2.43. The largest absolute Gasteiger partial charge is 0.332 e. The standard InChI is InChI=1S/C24H18BrN3O3/c25-16-8-3-7-15(11-16)22(29)26-13-17-12-20(26)21-23(30)28(24(31)27(17)21)19-10-4-6-14-5-1-2-9-18(14)19/h1-11,17,20-21H,12-13H2. The lowest BCUT2D eigenvalue weighted by Crippen LogP contribution is -2.54. The number of anilines is 1. The lowest BCUT2D eigenvalue weighted by Gasteiger charge is -2.35. The molecule has 0 aromatic heterocycles. The molecule has 0 saturated carbocycles. The first-order valence-electron chi connectivity index (χ1n) is 10.2. The van der Waals surface area contributed by atoms with Crippen molar-refractivity contribution in [2.75, 3.05) is 11.4 Å². The van der Waals surface area contributed by atoms with E-state index in [0.29, 0.717) is 24.2 Å². The second kappa shape index (κ2) is 6.65. The summed E-state index contributed by atoms with van der Waals surface area (Å²) in [5, 5.41) is 1.84. The molecule has 0 spiro atoms. The number of amides is 4. The summed E-state index contributed by atoms with van der Waals surface area (Å²) in [5.74, 6) is -0.349. The first-order valence-corrected chi connectivity index (χ1v) is 11.0. The molecule has 2 bridgehead atoms. The van der Waals surface area contributed by atoms with Crippen molar-refractivity contribution in [2.45, 2.75) is 24.5 Å². The minimum atomic E-state index is -0.624. The van der Waals surface area contributed by atoms with Gasteiger partial charge in [-0.3, -0.25) is 9.59 Å². The zero-order valence-electron chi connectivity index (χ0n) is 16.4. The molecule has 6 rings (SSSR count). The third-order valence-corrected chi connectivity index (χ3v) is 7.10. The Hall–Kier alpha value is -3.19. The Morgan fingerprint density at radius 2 is 1.74 bits per heavy atom. The lowest BCUT2D eigenvalue weighted by atomic mass is 10.1. The van der Waals surface area contributed by atoms with Gasteiger partial charge in [-0.05, 0) is 36.1 Å². The third kappa shape index (κ3) is 2.59. The van der Waals surface area contributed by atoms with Gasteiger partial charge in [-0.2, -0.15) is 0 Å². The van der Waals surface area contributed by atoms with E-state index in [-0.39, 0.29) is 29.9 Å². The van der Waals surface area contributed by atoms with Gasteiger partial charge in [0.15, 0.2) is 0 Å². The maximum atomic E-state index is 13.5. The van der Waals surface area contributed by atoms with Crippen LogP contribution >= 0.6 is 15.9 Å². The quantitative estimate of drug-likeness (QED) is 0.525. The molecule has 7 heteroatoms. The van der Waals surface area contributed by atoms with Crippen LogP contribution in [0.15, 0.2) is 71.2 Å². The topological polar surface area (TPSA) is 60.9 Å². The van der Waals surface area contributed by atoms with Gasteiger partial charge in [0, 0.05) is 22.0 Å². The minimum absolute atomic E-state index is 0.0997. The highest BCUT2D eigenvalue weighted by Gasteiger charge is 2.63. The van der Waals surface area contributed by atoms with Crippen LogP contribution in [0.2, 0.25) is 0 Å². The molecule has 0 radical (unpaired) electrons. The van der Waals surface area contributed by atoms with Crippen LogP contribution in [0.5, 0.6) is 0 Å². The van der Waals surface area contributed by atoms with E-state index in [9.17, 15) is 14.4 Å². The van der Waals surface area contributed by atoms with Crippen molar-refractivity contribution >= 4 is 50.2 Å². The van der Waals surface area contributed by atoms with Crippen LogP contribution in [-0.4, -0.2) is 52.3 Å². The zero-order valence-corrected chi connectivity index (χ0v) is 18.0. The van der Waals surface area contributed by atoms with Crippen molar-refractivity contribution in [3.8, 4) is 0 Å². The molecule has 154 valence electrons. The van der Waals surface area contributed by atoms with E-state index in [1.807, 2.05) is 54.6 Å². The van der Waals surface area contributed by atoms with E-state index >= 15 is 0 Å². The maximum Gasteiger partial charge on any atom is 0.332 e. The number of benzene rings is 3. The van der Waals surface area contributed by atoms with Crippen molar-refractivity contribution in [2.24, 2.45) is 0 Å². The van der Waals surface area contributed by atoms with Gasteiger partial charge in [0.2, 0.25) is 0 Å². The number of hydrogen-bond acceptors (Lipinski definition) is 3. The smallest absolute Gasteiger partial charge is 0.331 e. The Kier molecular flexibility index (Phi) is 3.99. The molecule has 4 amide bonds. The van der Waals surface area contributed by atoms with Gasteiger partial charge < -0.3 is 9.80 Å². The third-order valence-electron chi connectivity index (χ3n) is 6.60. The molecule has 3 fully saturated rings. The predicted octanol–water partition coefficient (Wildman–Crippen LogP) is 4.04. The molecule has 3 aliphatic rings. The van der Waals surface area contributed by atoms with E-state index in [1.165, 1.54) is 4.90 Å². The zero-order chi connectivity index (χ0) is 21.3. The SMILES string of the molecule is O=C1C2C3CC(CN3C(=O)c3cccc(Br)c3)N2C(=O)N1c1cccc2ccccc12. The monoisotopic (exact) mass is 475 g/mol. The number of likely N-dealkylation sites (tertiary alicyclic amines) is 1. The summed E-state index contributed by atoms with van der Waals surface area (Å²) in [6.07, 6.45) is 0.644. The number of imide groups is 1. The van der Waals surface area contributed by atoms with E-state index in [0.717, 1.165) is 15.2 Å². The number of halogens is 1. The summed E-state index contributed by atoms with van der Waals surface area (Å²) in [6, 6.07) is 19.3. The van der Waals surface area contributed by atoms with E-state index in [2.05, 4.69) is 15.9 Å². The van der Waals surface area contributed by atoms with Crippen LogP contribution in [0.4, 0.5) is 10.5 Å². The molecule has 3 aromatic carbocycles. The maximum absolute atomic E-state index is 13.5. The molecule has 3 unspecified atom stereocenters. The molecule has 6 nitrogen and oxygen atoms in total. The van der Waals surface area contributed by atoms with Crippen molar-refractivity contribution in [1.29, 1.82) is 0 Å². The molecule has 3 heterocycles. The highest BCUT2D eigenvalue weighted by molar-refractivity contribution is 9.10. The Labute approximate surface area is 187 Å². The number of carbonyl (C=O) groups is 3. The van der Waals surface area contributed by atoms with Crippen LogP contribution in [0.1, 0.15) is 16.8 Å². The molecule has 3 atom stereocenters. The van der Waals surface area contributed by atoms with Gasteiger partial charge in [0.05, 0.1) is 17.8 Å². The summed E-state index contributed by atoms with van der Waals surface area (Å²) >= 11 is 3.41. The second-order valence-electron chi connectivity index (χ2n) is 8.23. The predicted molar refractivity (Wildman–Crippen MR) is 120 cm³/mol.